The number of ether oxygens (including phenoxy) is 1. The van der Waals surface area contributed by atoms with E-state index in [0.29, 0.717) is 30.0 Å². The summed E-state index contributed by atoms with van der Waals surface area (Å²) in [5.41, 5.74) is 3.12. The van der Waals surface area contributed by atoms with Crippen LogP contribution in [0, 0.1) is 20.8 Å². The first-order chi connectivity index (χ1) is 13.0. The molecule has 1 saturated heterocycles. The monoisotopic (exact) mass is 424 g/mol. The van der Waals surface area contributed by atoms with Crippen LogP contribution in [0.25, 0.3) is 0 Å². The molecule has 2 aromatic rings. The summed E-state index contributed by atoms with van der Waals surface area (Å²) < 4.78 is 59.6. The van der Waals surface area contributed by atoms with Crippen molar-refractivity contribution in [3.8, 4) is 5.75 Å². The van der Waals surface area contributed by atoms with Crippen molar-refractivity contribution in [3.63, 3.8) is 0 Å². The highest BCUT2D eigenvalue weighted by Crippen LogP contribution is 2.34. The van der Waals surface area contributed by atoms with E-state index in [1.807, 2.05) is 19.9 Å². The Balaban J connectivity index is 2.03. The van der Waals surface area contributed by atoms with Gasteiger partial charge in [-0.3, -0.25) is 9.03 Å². The molecule has 0 saturated carbocycles. The fraction of sp³-hybridized carbons (Fsp3) is 0.368. The molecule has 0 bridgehead atoms. The highest BCUT2D eigenvalue weighted by Gasteiger charge is 2.29. The van der Waals surface area contributed by atoms with Gasteiger partial charge in [0.15, 0.2) is 0 Å². The molecular formula is C19H24N2O5S2. The summed E-state index contributed by atoms with van der Waals surface area (Å²) in [5, 5.41) is 0. The van der Waals surface area contributed by atoms with Crippen molar-refractivity contribution in [1.29, 1.82) is 0 Å². The third kappa shape index (κ3) is 3.81. The van der Waals surface area contributed by atoms with Crippen molar-refractivity contribution >= 4 is 31.4 Å². The molecule has 1 N–H and O–H groups in total. The summed E-state index contributed by atoms with van der Waals surface area (Å²) in [6.45, 7) is 5.89. The van der Waals surface area contributed by atoms with Crippen LogP contribution >= 0.6 is 0 Å². The van der Waals surface area contributed by atoms with Crippen LogP contribution in [0.2, 0.25) is 0 Å². The maximum atomic E-state index is 13.0. The minimum absolute atomic E-state index is 0.0852. The summed E-state index contributed by atoms with van der Waals surface area (Å²) in [5.74, 6) is 0.396. The summed E-state index contributed by atoms with van der Waals surface area (Å²) in [7, 11) is -5.83. The first-order valence-corrected chi connectivity index (χ1v) is 11.9. The number of rotatable bonds is 5. The number of aryl methyl sites for hydroxylation is 3. The van der Waals surface area contributed by atoms with E-state index in [1.54, 1.807) is 25.1 Å². The van der Waals surface area contributed by atoms with Gasteiger partial charge in [0.05, 0.1) is 29.1 Å². The molecule has 9 heteroatoms. The molecule has 1 aliphatic heterocycles. The Kier molecular flexibility index (Phi) is 5.33. The molecule has 28 heavy (non-hydrogen) atoms. The predicted molar refractivity (Wildman–Crippen MR) is 110 cm³/mol. The quantitative estimate of drug-likeness (QED) is 0.797. The van der Waals surface area contributed by atoms with E-state index in [2.05, 4.69) is 4.72 Å². The fourth-order valence-electron chi connectivity index (χ4n) is 3.28. The molecule has 1 fully saturated rings. The Morgan fingerprint density at radius 1 is 1.04 bits per heavy atom. The second-order valence-corrected chi connectivity index (χ2v) is 10.6. The van der Waals surface area contributed by atoms with Crippen LogP contribution in [0.3, 0.4) is 0 Å². The SMILES string of the molecule is COc1ccc(N2CCCS2(=O)=O)cc1NS(=O)(=O)c1cc(C)c(C)cc1C. The summed E-state index contributed by atoms with van der Waals surface area (Å²) in [4.78, 5) is 0.178. The first kappa shape index (κ1) is 20.5. The standard InChI is InChI=1S/C19H24N2O5S2/c1-13-10-15(3)19(11-14(13)2)28(24,25)20-17-12-16(6-7-18(17)26-4)21-8-5-9-27(21,22)23/h6-7,10-12,20H,5,8-9H2,1-4H3. The van der Waals surface area contributed by atoms with Crippen LogP contribution in [0.1, 0.15) is 23.1 Å². The van der Waals surface area contributed by atoms with Gasteiger partial charge in [0.2, 0.25) is 10.0 Å². The van der Waals surface area contributed by atoms with E-state index in [9.17, 15) is 16.8 Å². The molecule has 0 amide bonds. The van der Waals surface area contributed by atoms with Crippen molar-refractivity contribution < 1.29 is 21.6 Å². The van der Waals surface area contributed by atoms with Gasteiger partial charge in [-0.2, -0.15) is 0 Å². The number of anilines is 2. The zero-order valence-corrected chi connectivity index (χ0v) is 17.9. The number of sulfonamides is 2. The molecule has 152 valence electrons. The maximum absolute atomic E-state index is 13.0. The van der Waals surface area contributed by atoms with E-state index in [1.165, 1.54) is 17.5 Å². The molecule has 1 heterocycles. The van der Waals surface area contributed by atoms with E-state index in [4.69, 9.17) is 4.74 Å². The zero-order chi connectivity index (χ0) is 20.7. The van der Waals surface area contributed by atoms with Gasteiger partial charge in [-0.05, 0) is 68.1 Å². The van der Waals surface area contributed by atoms with Crippen molar-refractivity contribution in [2.24, 2.45) is 0 Å². The number of nitrogens with one attached hydrogen (secondary N) is 1. The summed E-state index contributed by atoms with van der Waals surface area (Å²) in [6, 6.07) is 8.13. The second-order valence-electron chi connectivity index (χ2n) is 6.93. The topological polar surface area (TPSA) is 92.8 Å². The Labute approximate surface area is 166 Å². The van der Waals surface area contributed by atoms with E-state index >= 15 is 0 Å². The largest absolute Gasteiger partial charge is 0.495 e. The molecule has 0 aromatic heterocycles. The molecular weight excluding hydrogens is 400 g/mol. The normalized spacial score (nSPS) is 16.2. The van der Waals surface area contributed by atoms with Gasteiger partial charge in [-0.15, -0.1) is 0 Å². The Bertz CT molecular complexity index is 1130. The summed E-state index contributed by atoms with van der Waals surface area (Å²) in [6.07, 6.45) is 0.539. The highest BCUT2D eigenvalue weighted by molar-refractivity contribution is 7.93. The minimum atomic E-state index is -3.88. The van der Waals surface area contributed by atoms with Crippen LogP contribution < -0.4 is 13.8 Å². The molecule has 0 unspecified atom stereocenters. The molecule has 2 aromatic carbocycles. The molecule has 7 nitrogen and oxygen atoms in total. The van der Waals surface area contributed by atoms with Gasteiger partial charge < -0.3 is 4.74 Å². The van der Waals surface area contributed by atoms with Crippen LogP contribution in [0.5, 0.6) is 5.75 Å². The summed E-state index contributed by atoms with van der Waals surface area (Å²) >= 11 is 0. The average Bonchev–Trinajstić information content (AvgIpc) is 2.96. The maximum Gasteiger partial charge on any atom is 0.262 e. The Hall–Kier alpha value is -2.26. The third-order valence-electron chi connectivity index (χ3n) is 4.90. The number of hydrogen-bond acceptors (Lipinski definition) is 5. The Morgan fingerprint density at radius 3 is 2.32 bits per heavy atom. The molecule has 0 spiro atoms. The number of nitrogens with zero attached hydrogens (tertiary/aromatic N) is 1. The smallest absolute Gasteiger partial charge is 0.262 e. The minimum Gasteiger partial charge on any atom is -0.495 e. The average molecular weight is 425 g/mol. The van der Waals surface area contributed by atoms with Crippen molar-refractivity contribution in [2.45, 2.75) is 32.1 Å². The molecule has 0 atom stereocenters. The lowest BCUT2D eigenvalue weighted by atomic mass is 10.1. The lowest BCUT2D eigenvalue weighted by Crippen LogP contribution is -2.25. The second kappa shape index (κ2) is 7.29. The lowest BCUT2D eigenvalue weighted by Gasteiger charge is -2.20. The zero-order valence-electron chi connectivity index (χ0n) is 16.3. The molecule has 1 aliphatic rings. The number of benzene rings is 2. The van der Waals surface area contributed by atoms with Gasteiger partial charge in [0.25, 0.3) is 10.0 Å². The molecule has 0 radical (unpaired) electrons. The van der Waals surface area contributed by atoms with Gasteiger partial charge in [-0.1, -0.05) is 6.07 Å². The Morgan fingerprint density at radius 2 is 1.71 bits per heavy atom. The van der Waals surface area contributed by atoms with Crippen molar-refractivity contribution in [3.05, 3.63) is 47.0 Å². The van der Waals surface area contributed by atoms with Gasteiger partial charge >= 0.3 is 0 Å². The van der Waals surface area contributed by atoms with E-state index in [-0.39, 0.29) is 16.3 Å². The van der Waals surface area contributed by atoms with Crippen LogP contribution in [-0.2, 0) is 20.0 Å². The number of methoxy groups -OCH3 is 1. The van der Waals surface area contributed by atoms with E-state index in [0.717, 1.165) is 11.1 Å². The first-order valence-electron chi connectivity index (χ1n) is 8.84. The predicted octanol–water partition coefficient (Wildman–Crippen LogP) is 2.96. The van der Waals surface area contributed by atoms with Crippen LogP contribution in [0.15, 0.2) is 35.2 Å². The lowest BCUT2D eigenvalue weighted by molar-refractivity contribution is 0.417. The third-order valence-corrected chi connectivity index (χ3v) is 8.27. The van der Waals surface area contributed by atoms with Gasteiger partial charge in [-0.25, -0.2) is 16.8 Å². The van der Waals surface area contributed by atoms with Gasteiger partial charge in [0.1, 0.15) is 5.75 Å². The van der Waals surface area contributed by atoms with Crippen LogP contribution in [0.4, 0.5) is 11.4 Å². The highest BCUT2D eigenvalue weighted by atomic mass is 32.2. The van der Waals surface area contributed by atoms with E-state index < -0.39 is 20.0 Å². The fourth-order valence-corrected chi connectivity index (χ4v) is 6.21. The van der Waals surface area contributed by atoms with Gasteiger partial charge in [0, 0.05) is 6.54 Å². The number of hydrogen-bond donors (Lipinski definition) is 1. The van der Waals surface area contributed by atoms with Crippen molar-refractivity contribution in [2.75, 3.05) is 28.4 Å². The molecule has 3 rings (SSSR count). The van der Waals surface area contributed by atoms with Crippen LogP contribution in [-0.4, -0.2) is 36.2 Å². The molecule has 0 aliphatic carbocycles. The van der Waals surface area contributed by atoms with Crippen molar-refractivity contribution in [1.82, 2.24) is 0 Å².